The van der Waals surface area contributed by atoms with Crippen molar-refractivity contribution in [3.05, 3.63) is 12.2 Å². The molecule has 0 aromatic heterocycles. The van der Waals surface area contributed by atoms with E-state index in [-0.39, 0.29) is 6.10 Å². The predicted molar refractivity (Wildman–Crippen MR) is 63.7 cm³/mol. The fourth-order valence-corrected chi connectivity index (χ4v) is 2.86. The summed E-state index contributed by atoms with van der Waals surface area (Å²) in [5.74, 6) is -2.51. The highest BCUT2D eigenvalue weighted by Crippen LogP contribution is 2.47. The Morgan fingerprint density at radius 3 is 1.89 bits per heavy atom. The topological polar surface area (TPSA) is 111 Å². The van der Waals surface area contributed by atoms with Gasteiger partial charge in [-0.15, -0.1) is 0 Å². The van der Waals surface area contributed by atoms with E-state index < -0.39 is 11.9 Å². The van der Waals surface area contributed by atoms with Crippen molar-refractivity contribution in [1.29, 1.82) is 0 Å². The Hall–Kier alpha value is -1.44. The van der Waals surface area contributed by atoms with Crippen LogP contribution in [0.4, 0.5) is 0 Å². The normalized spacial score (nSPS) is 39.4. The fourth-order valence-electron chi connectivity index (χ4n) is 2.86. The molecule has 4 unspecified atom stereocenters. The molecule has 3 aliphatic rings. The van der Waals surface area contributed by atoms with Gasteiger partial charge in [0.2, 0.25) is 0 Å². The van der Waals surface area contributed by atoms with Crippen molar-refractivity contribution in [3.8, 4) is 0 Å². The van der Waals surface area contributed by atoms with E-state index >= 15 is 0 Å². The van der Waals surface area contributed by atoms with Crippen molar-refractivity contribution < 1.29 is 29.6 Å². The van der Waals surface area contributed by atoms with E-state index in [1.54, 1.807) is 0 Å². The number of aliphatic hydroxyl groups excluding tert-OH is 1. The molecule has 0 aromatic carbocycles. The molecule has 0 aliphatic carbocycles. The SMILES string of the molecule is CN1C2CC(O)CC1C1OC12.O=C(O)/C=C/C(=O)O. The van der Waals surface area contributed by atoms with Crippen molar-refractivity contribution >= 4 is 11.9 Å². The van der Waals surface area contributed by atoms with Gasteiger partial charge in [-0.3, -0.25) is 4.90 Å². The van der Waals surface area contributed by atoms with E-state index in [0.29, 0.717) is 36.4 Å². The van der Waals surface area contributed by atoms with Crippen LogP contribution in [0, 0.1) is 0 Å². The Kier molecular flexibility index (Phi) is 3.88. The maximum Gasteiger partial charge on any atom is 0.328 e. The Balaban J connectivity index is 0.000000151. The molecule has 7 nitrogen and oxygen atoms in total. The average molecular weight is 271 g/mol. The first-order valence-electron chi connectivity index (χ1n) is 6.09. The summed E-state index contributed by atoms with van der Waals surface area (Å²) < 4.78 is 5.49. The number of rotatable bonds is 2. The molecule has 0 radical (unpaired) electrons. The number of ether oxygens (including phenoxy) is 1. The number of aliphatic carboxylic acids is 2. The van der Waals surface area contributed by atoms with Gasteiger partial charge in [-0.25, -0.2) is 9.59 Å². The van der Waals surface area contributed by atoms with Crippen LogP contribution in [0.5, 0.6) is 0 Å². The molecule has 19 heavy (non-hydrogen) atoms. The zero-order valence-corrected chi connectivity index (χ0v) is 10.5. The Morgan fingerprint density at radius 1 is 1.11 bits per heavy atom. The van der Waals surface area contributed by atoms with Crippen LogP contribution in [0.15, 0.2) is 12.2 Å². The first-order valence-corrected chi connectivity index (χ1v) is 6.09. The van der Waals surface area contributed by atoms with Crippen LogP contribution in [-0.4, -0.2) is 69.6 Å². The molecule has 3 rings (SSSR count). The molecule has 0 spiro atoms. The van der Waals surface area contributed by atoms with Crippen LogP contribution in [0.25, 0.3) is 0 Å². The number of aliphatic hydroxyl groups is 1. The Labute approximate surface area is 110 Å². The van der Waals surface area contributed by atoms with E-state index in [1.165, 1.54) is 0 Å². The number of epoxide rings is 1. The lowest BCUT2D eigenvalue weighted by molar-refractivity contribution is -0.134. The fraction of sp³-hybridized carbons (Fsp3) is 0.667. The van der Waals surface area contributed by atoms with Crippen molar-refractivity contribution in [2.45, 2.75) is 43.2 Å². The Bertz CT molecular complexity index is 375. The molecule has 3 fully saturated rings. The summed E-state index contributed by atoms with van der Waals surface area (Å²) in [6, 6.07) is 1.02. The molecule has 3 aliphatic heterocycles. The van der Waals surface area contributed by atoms with Gasteiger partial charge in [0.15, 0.2) is 0 Å². The van der Waals surface area contributed by atoms with Crippen molar-refractivity contribution in [1.82, 2.24) is 4.90 Å². The smallest absolute Gasteiger partial charge is 0.328 e. The first kappa shape index (κ1) is 14.0. The van der Waals surface area contributed by atoms with Gasteiger partial charge >= 0.3 is 11.9 Å². The molecule has 3 N–H and O–H groups in total. The monoisotopic (exact) mass is 271 g/mol. The number of hydrogen-bond donors (Lipinski definition) is 3. The lowest BCUT2D eigenvalue weighted by Crippen LogP contribution is -2.46. The van der Waals surface area contributed by atoms with Crippen LogP contribution in [0.2, 0.25) is 0 Å². The van der Waals surface area contributed by atoms with Crippen molar-refractivity contribution in [2.24, 2.45) is 0 Å². The first-order chi connectivity index (χ1) is 8.90. The molecule has 106 valence electrons. The van der Waals surface area contributed by atoms with Crippen LogP contribution in [-0.2, 0) is 14.3 Å². The highest BCUT2D eigenvalue weighted by molar-refractivity contribution is 5.89. The van der Waals surface area contributed by atoms with Gasteiger partial charge in [-0.2, -0.15) is 0 Å². The van der Waals surface area contributed by atoms with Gasteiger partial charge in [0.05, 0.1) is 6.10 Å². The van der Waals surface area contributed by atoms with Gasteiger partial charge < -0.3 is 20.1 Å². The van der Waals surface area contributed by atoms with Gasteiger partial charge in [0.25, 0.3) is 0 Å². The lowest BCUT2D eigenvalue weighted by Gasteiger charge is -2.36. The molecule has 7 heteroatoms. The summed E-state index contributed by atoms with van der Waals surface area (Å²) in [6.07, 6.45) is 3.79. The average Bonchev–Trinajstić information content (AvgIpc) is 3.06. The third-order valence-electron chi connectivity index (χ3n) is 3.76. The van der Waals surface area contributed by atoms with Crippen LogP contribution in [0.3, 0.4) is 0 Å². The lowest BCUT2D eigenvalue weighted by atomic mass is 10.00. The molecule has 0 amide bonds. The zero-order valence-electron chi connectivity index (χ0n) is 10.5. The van der Waals surface area contributed by atoms with E-state index in [2.05, 4.69) is 11.9 Å². The number of piperidine rings is 1. The third-order valence-corrected chi connectivity index (χ3v) is 3.76. The maximum atomic E-state index is 9.55. The number of carboxylic acid groups (broad SMARTS) is 2. The molecule has 2 bridgehead atoms. The second-order valence-electron chi connectivity index (χ2n) is 5.00. The van der Waals surface area contributed by atoms with Crippen LogP contribution < -0.4 is 0 Å². The number of morpholine rings is 1. The maximum absolute atomic E-state index is 9.55. The number of hydrogen-bond acceptors (Lipinski definition) is 5. The van der Waals surface area contributed by atoms with Gasteiger partial charge in [0, 0.05) is 24.2 Å². The summed E-state index contributed by atoms with van der Waals surface area (Å²) in [4.78, 5) is 21.5. The molecule has 4 atom stereocenters. The quantitative estimate of drug-likeness (QED) is 0.450. The van der Waals surface area contributed by atoms with E-state index in [1.807, 2.05) is 0 Å². The summed E-state index contributed by atoms with van der Waals surface area (Å²) in [7, 11) is 2.15. The number of fused-ring (bicyclic) bond motifs is 5. The molecule has 0 saturated carbocycles. The number of carbonyl (C=O) groups is 2. The van der Waals surface area contributed by atoms with E-state index in [4.69, 9.17) is 14.9 Å². The molecule has 3 heterocycles. The Morgan fingerprint density at radius 2 is 1.53 bits per heavy atom. The second-order valence-corrected chi connectivity index (χ2v) is 5.00. The number of carboxylic acids is 2. The minimum Gasteiger partial charge on any atom is -0.478 e. The molecular formula is C12H17NO6. The minimum absolute atomic E-state index is 0.0717. The third kappa shape index (κ3) is 3.12. The second kappa shape index (κ2) is 5.28. The summed E-state index contributed by atoms with van der Waals surface area (Å²) in [6.45, 7) is 0. The highest BCUT2D eigenvalue weighted by Gasteiger charge is 2.62. The van der Waals surface area contributed by atoms with Crippen LogP contribution in [0.1, 0.15) is 12.8 Å². The van der Waals surface area contributed by atoms with Gasteiger partial charge in [-0.1, -0.05) is 0 Å². The molecule has 0 aromatic rings. The largest absolute Gasteiger partial charge is 0.478 e. The van der Waals surface area contributed by atoms with Gasteiger partial charge in [0.1, 0.15) is 12.2 Å². The summed E-state index contributed by atoms with van der Waals surface area (Å²) >= 11 is 0. The molecule has 3 saturated heterocycles. The standard InChI is InChI=1S/C8H13NO2.C4H4O4/c1-9-5-2-4(10)3-6(9)8-7(5)11-8;5-3(6)1-2-4(7)8/h4-8,10H,2-3H2,1H3;1-2H,(H,5,6)(H,7,8)/b;2-1+. The number of likely N-dealkylation sites (N-methyl/N-ethyl adjacent to an activating group) is 1. The van der Waals surface area contributed by atoms with Crippen molar-refractivity contribution in [3.63, 3.8) is 0 Å². The highest BCUT2D eigenvalue weighted by atomic mass is 16.6. The van der Waals surface area contributed by atoms with Crippen LogP contribution >= 0.6 is 0 Å². The van der Waals surface area contributed by atoms with Gasteiger partial charge in [-0.05, 0) is 19.9 Å². The number of nitrogens with zero attached hydrogens (tertiary/aromatic N) is 1. The molecular weight excluding hydrogens is 254 g/mol. The van der Waals surface area contributed by atoms with E-state index in [9.17, 15) is 14.7 Å². The summed E-state index contributed by atoms with van der Waals surface area (Å²) in [5.41, 5.74) is 0. The predicted octanol–water partition coefficient (Wildman–Crippen LogP) is -0.697. The zero-order chi connectivity index (χ0) is 14.2. The van der Waals surface area contributed by atoms with E-state index in [0.717, 1.165) is 12.8 Å². The summed E-state index contributed by atoms with van der Waals surface area (Å²) in [5, 5.41) is 25.1. The minimum atomic E-state index is -1.26. The van der Waals surface area contributed by atoms with Crippen molar-refractivity contribution in [2.75, 3.05) is 7.05 Å².